The van der Waals surface area contributed by atoms with E-state index in [1.54, 1.807) is 16.8 Å². The largest absolute Gasteiger partial charge is 0.444 e. The van der Waals surface area contributed by atoms with Gasteiger partial charge in [-0.15, -0.1) is 0 Å². The van der Waals surface area contributed by atoms with Crippen LogP contribution in [0.15, 0.2) is 23.1 Å². The number of hydrogen-bond donors (Lipinski definition) is 2. The summed E-state index contributed by atoms with van der Waals surface area (Å²) in [6.07, 6.45) is 2.54. The van der Waals surface area contributed by atoms with Gasteiger partial charge in [-0.05, 0) is 46.2 Å². The van der Waals surface area contributed by atoms with Gasteiger partial charge in [-0.3, -0.25) is 4.79 Å². The van der Waals surface area contributed by atoms with Crippen LogP contribution in [-0.4, -0.2) is 29.4 Å². The molecule has 3 N–H and O–H groups in total. The number of nitrogens with zero attached hydrogens (tertiary/aromatic N) is 1. The molecule has 0 spiro atoms. The molecular formula is C15H25N3O3. The van der Waals surface area contributed by atoms with Crippen molar-refractivity contribution in [3.05, 3.63) is 34.2 Å². The van der Waals surface area contributed by atoms with Gasteiger partial charge < -0.3 is 20.4 Å². The Morgan fingerprint density at radius 2 is 2.14 bits per heavy atom. The molecule has 0 aromatic carbocycles. The van der Waals surface area contributed by atoms with Crippen molar-refractivity contribution in [1.29, 1.82) is 0 Å². The van der Waals surface area contributed by atoms with Gasteiger partial charge in [0.15, 0.2) is 0 Å². The maximum absolute atomic E-state index is 12.1. The predicted molar refractivity (Wildman–Crippen MR) is 82.3 cm³/mol. The average molecular weight is 295 g/mol. The van der Waals surface area contributed by atoms with Crippen LogP contribution in [0.1, 0.15) is 32.8 Å². The molecule has 1 rings (SSSR count). The lowest BCUT2D eigenvalue weighted by Crippen LogP contribution is -2.33. The Morgan fingerprint density at radius 1 is 1.43 bits per heavy atom. The van der Waals surface area contributed by atoms with Gasteiger partial charge in [0.1, 0.15) is 5.60 Å². The molecule has 0 saturated heterocycles. The van der Waals surface area contributed by atoms with Gasteiger partial charge in [0.2, 0.25) is 0 Å². The van der Waals surface area contributed by atoms with Crippen LogP contribution in [0.5, 0.6) is 0 Å². The monoisotopic (exact) mass is 295 g/mol. The van der Waals surface area contributed by atoms with Crippen LogP contribution in [-0.2, 0) is 17.7 Å². The summed E-state index contributed by atoms with van der Waals surface area (Å²) in [7, 11) is 0. The number of aromatic nitrogens is 1. The smallest absolute Gasteiger partial charge is 0.407 e. The van der Waals surface area contributed by atoms with Crippen molar-refractivity contribution in [2.75, 3.05) is 13.1 Å². The molecule has 1 aromatic rings. The third kappa shape index (κ3) is 6.44. The quantitative estimate of drug-likeness (QED) is 0.774. The summed E-state index contributed by atoms with van der Waals surface area (Å²) in [5.41, 5.74) is 5.68. The maximum Gasteiger partial charge on any atom is 0.407 e. The van der Waals surface area contributed by atoms with Gasteiger partial charge >= 0.3 is 6.09 Å². The van der Waals surface area contributed by atoms with Gasteiger partial charge in [-0.25, -0.2) is 4.79 Å². The molecule has 1 aromatic heterocycles. The van der Waals surface area contributed by atoms with Crippen molar-refractivity contribution in [2.45, 2.75) is 45.8 Å². The zero-order valence-electron chi connectivity index (χ0n) is 13.0. The van der Waals surface area contributed by atoms with Gasteiger partial charge in [-0.2, -0.15) is 0 Å². The molecule has 21 heavy (non-hydrogen) atoms. The first kappa shape index (κ1) is 17.2. The second-order valence-corrected chi connectivity index (χ2v) is 5.85. The van der Waals surface area contributed by atoms with Crippen LogP contribution < -0.4 is 16.6 Å². The second-order valence-electron chi connectivity index (χ2n) is 5.85. The number of rotatable bonds is 6. The number of nitrogens with one attached hydrogen (secondary N) is 1. The summed E-state index contributed by atoms with van der Waals surface area (Å²) in [6.45, 7) is 6.91. The van der Waals surface area contributed by atoms with E-state index in [4.69, 9.17) is 10.5 Å². The van der Waals surface area contributed by atoms with Crippen molar-refractivity contribution in [2.24, 2.45) is 5.73 Å². The van der Waals surface area contributed by atoms with E-state index in [-0.39, 0.29) is 5.56 Å². The fraction of sp³-hybridized carbons (Fsp3) is 0.600. The van der Waals surface area contributed by atoms with Crippen LogP contribution >= 0.6 is 0 Å². The lowest BCUT2D eigenvalue weighted by atomic mass is 10.2. The molecule has 0 unspecified atom stereocenters. The third-order valence-corrected chi connectivity index (χ3v) is 2.76. The van der Waals surface area contributed by atoms with Crippen molar-refractivity contribution < 1.29 is 9.53 Å². The van der Waals surface area contributed by atoms with E-state index in [9.17, 15) is 9.59 Å². The second kappa shape index (κ2) is 7.83. The molecule has 0 saturated carbocycles. The van der Waals surface area contributed by atoms with E-state index < -0.39 is 11.7 Å². The maximum atomic E-state index is 12.1. The summed E-state index contributed by atoms with van der Waals surface area (Å²) in [5, 5.41) is 2.67. The zero-order valence-corrected chi connectivity index (χ0v) is 13.0. The summed E-state index contributed by atoms with van der Waals surface area (Å²) >= 11 is 0. The van der Waals surface area contributed by atoms with Gasteiger partial charge in [0.05, 0.1) is 0 Å². The number of hydrogen-bond acceptors (Lipinski definition) is 4. The predicted octanol–water partition coefficient (Wildman–Crippen LogP) is 1.26. The first-order chi connectivity index (χ1) is 9.83. The standard InChI is InChI=1S/C15H25N3O3/c1-15(2,3)21-14(20)17-9-5-11-18-10-4-6-12(7-8-16)13(18)19/h4,6,10H,5,7-9,11,16H2,1-3H3,(H,17,20). The Morgan fingerprint density at radius 3 is 2.76 bits per heavy atom. The fourth-order valence-electron chi connectivity index (χ4n) is 1.86. The Hall–Kier alpha value is -1.82. The normalized spacial score (nSPS) is 11.2. The number of aryl methyl sites for hydroxylation is 1. The van der Waals surface area contributed by atoms with Crippen LogP contribution in [0, 0.1) is 0 Å². The highest BCUT2D eigenvalue weighted by Crippen LogP contribution is 2.06. The lowest BCUT2D eigenvalue weighted by Gasteiger charge is -2.19. The number of amides is 1. The zero-order chi connectivity index (χ0) is 15.9. The molecule has 0 radical (unpaired) electrons. The highest BCUT2D eigenvalue weighted by Gasteiger charge is 2.15. The molecule has 0 bridgehead atoms. The minimum absolute atomic E-state index is 0.0137. The Balaban J connectivity index is 2.41. The molecule has 0 fully saturated rings. The first-order valence-corrected chi connectivity index (χ1v) is 7.19. The van der Waals surface area contributed by atoms with Crippen molar-refractivity contribution in [3.8, 4) is 0 Å². The molecule has 0 atom stereocenters. The molecule has 6 nitrogen and oxygen atoms in total. The molecule has 6 heteroatoms. The Labute approximate surface area is 125 Å². The van der Waals surface area contributed by atoms with E-state index in [1.165, 1.54) is 0 Å². The van der Waals surface area contributed by atoms with Gasteiger partial charge in [0, 0.05) is 24.8 Å². The molecule has 0 aliphatic carbocycles. The van der Waals surface area contributed by atoms with E-state index in [0.29, 0.717) is 32.5 Å². The molecule has 0 aliphatic rings. The highest BCUT2D eigenvalue weighted by molar-refractivity contribution is 5.67. The number of ether oxygens (including phenoxy) is 1. The van der Waals surface area contributed by atoms with Gasteiger partial charge in [-0.1, -0.05) is 6.07 Å². The van der Waals surface area contributed by atoms with Gasteiger partial charge in [0.25, 0.3) is 5.56 Å². The van der Waals surface area contributed by atoms with E-state index >= 15 is 0 Å². The number of pyridine rings is 1. The minimum Gasteiger partial charge on any atom is -0.444 e. The SMILES string of the molecule is CC(C)(C)OC(=O)NCCCn1cccc(CCN)c1=O. The average Bonchev–Trinajstić information content (AvgIpc) is 2.37. The van der Waals surface area contributed by atoms with Crippen molar-refractivity contribution in [3.63, 3.8) is 0 Å². The summed E-state index contributed by atoms with van der Waals surface area (Å²) in [4.78, 5) is 23.5. The van der Waals surface area contributed by atoms with Crippen molar-refractivity contribution in [1.82, 2.24) is 9.88 Å². The topological polar surface area (TPSA) is 86.3 Å². The molecule has 0 aliphatic heterocycles. The third-order valence-electron chi connectivity index (χ3n) is 2.76. The van der Waals surface area contributed by atoms with E-state index in [1.807, 2.05) is 26.8 Å². The fourth-order valence-corrected chi connectivity index (χ4v) is 1.86. The number of carbonyl (C=O) groups excluding carboxylic acids is 1. The molecule has 118 valence electrons. The molecule has 1 heterocycles. The van der Waals surface area contributed by atoms with Crippen LogP contribution in [0.4, 0.5) is 4.79 Å². The van der Waals surface area contributed by atoms with E-state index in [0.717, 1.165) is 5.56 Å². The summed E-state index contributed by atoms with van der Waals surface area (Å²) < 4.78 is 6.77. The number of alkyl carbamates (subject to hydrolysis) is 1. The Kier molecular flexibility index (Phi) is 6.42. The molecular weight excluding hydrogens is 270 g/mol. The number of carbonyl (C=O) groups is 1. The summed E-state index contributed by atoms with van der Waals surface area (Å²) in [5.74, 6) is 0. The van der Waals surface area contributed by atoms with Crippen LogP contribution in [0.2, 0.25) is 0 Å². The lowest BCUT2D eigenvalue weighted by molar-refractivity contribution is 0.0526. The minimum atomic E-state index is -0.502. The van der Waals surface area contributed by atoms with Crippen LogP contribution in [0.25, 0.3) is 0 Å². The Bertz CT molecular complexity index is 518. The summed E-state index contributed by atoms with van der Waals surface area (Å²) in [6, 6.07) is 3.64. The first-order valence-electron chi connectivity index (χ1n) is 7.19. The van der Waals surface area contributed by atoms with Crippen molar-refractivity contribution >= 4 is 6.09 Å². The van der Waals surface area contributed by atoms with Crippen LogP contribution in [0.3, 0.4) is 0 Å². The molecule has 1 amide bonds. The highest BCUT2D eigenvalue weighted by atomic mass is 16.6. The number of nitrogens with two attached hydrogens (primary N) is 1. The van der Waals surface area contributed by atoms with E-state index in [2.05, 4.69) is 5.32 Å².